The Kier molecular flexibility index (Phi) is 5.19. The zero-order valence-electron chi connectivity index (χ0n) is 15.1. The lowest BCUT2D eigenvalue weighted by molar-refractivity contribution is 0.0106. The molecule has 138 valence electrons. The molecule has 2 N–H and O–H groups in total. The van der Waals surface area contributed by atoms with Crippen molar-refractivity contribution >= 4 is 16.7 Å². The van der Waals surface area contributed by atoms with Crippen LogP contribution in [0.25, 0.3) is 10.8 Å². The largest absolute Gasteiger partial charge is 0.478 e. The number of hydrogen-bond acceptors (Lipinski definition) is 3. The number of benzene rings is 3. The molecule has 2 atom stereocenters. The van der Waals surface area contributed by atoms with Crippen LogP contribution < -0.4 is 5.32 Å². The molecule has 1 fully saturated rings. The Morgan fingerprint density at radius 1 is 1.04 bits per heavy atom. The third-order valence-electron chi connectivity index (χ3n) is 5.29. The molecule has 1 aliphatic rings. The van der Waals surface area contributed by atoms with Gasteiger partial charge in [-0.15, -0.1) is 0 Å². The second-order valence-electron chi connectivity index (χ2n) is 7.06. The predicted octanol–water partition coefficient (Wildman–Crippen LogP) is 4.20. The lowest BCUT2D eigenvalue weighted by Crippen LogP contribution is -2.41. The van der Waals surface area contributed by atoms with Crippen LogP contribution in [0.1, 0.15) is 33.8 Å². The van der Waals surface area contributed by atoms with E-state index in [1.807, 2.05) is 18.2 Å². The summed E-state index contributed by atoms with van der Waals surface area (Å²) < 4.78 is 6.28. The number of carboxylic acid groups (broad SMARTS) is 1. The van der Waals surface area contributed by atoms with Gasteiger partial charge in [-0.2, -0.15) is 0 Å². The highest BCUT2D eigenvalue weighted by molar-refractivity contribution is 5.87. The Morgan fingerprint density at radius 3 is 2.59 bits per heavy atom. The number of carbonyl (C=O) groups is 1. The van der Waals surface area contributed by atoms with E-state index >= 15 is 0 Å². The molecule has 0 saturated carbocycles. The number of ether oxygens (including phenoxy) is 1. The molecule has 0 amide bonds. The molecule has 27 heavy (non-hydrogen) atoms. The number of piperidine rings is 1. The quantitative estimate of drug-likeness (QED) is 0.715. The summed E-state index contributed by atoms with van der Waals surface area (Å²) in [5.74, 6) is -0.620. The van der Waals surface area contributed by atoms with Gasteiger partial charge in [-0.3, -0.25) is 0 Å². The third-order valence-corrected chi connectivity index (χ3v) is 5.29. The van der Waals surface area contributed by atoms with Crippen molar-refractivity contribution in [2.45, 2.75) is 25.0 Å². The molecule has 0 radical (unpaired) electrons. The molecule has 4 nitrogen and oxygen atoms in total. The molecule has 0 bridgehead atoms. The molecule has 0 spiro atoms. The van der Waals surface area contributed by atoms with Gasteiger partial charge in [0.1, 0.15) is 0 Å². The van der Waals surface area contributed by atoms with E-state index in [1.54, 1.807) is 12.1 Å². The van der Waals surface area contributed by atoms with E-state index in [-0.39, 0.29) is 12.0 Å². The summed E-state index contributed by atoms with van der Waals surface area (Å²) in [6.07, 6.45) is 1.05. The van der Waals surface area contributed by atoms with Crippen LogP contribution in [0.4, 0.5) is 0 Å². The molecule has 1 aliphatic heterocycles. The minimum Gasteiger partial charge on any atom is -0.478 e. The summed E-state index contributed by atoms with van der Waals surface area (Å²) in [5.41, 5.74) is 2.63. The first-order valence-electron chi connectivity index (χ1n) is 9.34. The van der Waals surface area contributed by atoms with Crippen LogP contribution >= 0.6 is 0 Å². The first-order chi connectivity index (χ1) is 13.2. The minimum atomic E-state index is -0.893. The van der Waals surface area contributed by atoms with Crippen LogP contribution in [0.2, 0.25) is 0 Å². The van der Waals surface area contributed by atoms with Crippen molar-refractivity contribution in [2.75, 3.05) is 13.1 Å². The number of aromatic carboxylic acids is 1. The highest BCUT2D eigenvalue weighted by atomic mass is 16.5. The van der Waals surface area contributed by atoms with Gasteiger partial charge in [0.05, 0.1) is 18.3 Å². The van der Waals surface area contributed by atoms with Crippen LogP contribution in [0.3, 0.4) is 0 Å². The first kappa shape index (κ1) is 17.7. The van der Waals surface area contributed by atoms with E-state index in [2.05, 4.69) is 41.7 Å². The molecule has 1 saturated heterocycles. The molecule has 0 aliphatic carbocycles. The smallest absolute Gasteiger partial charge is 0.335 e. The molecule has 1 heterocycles. The Labute approximate surface area is 158 Å². The maximum Gasteiger partial charge on any atom is 0.335 e. The second kappa shape index (κ2) is 7.91. The Hall–Kier alpha value is -2.69. The summed E-state index contributed by atoms with van der Waals surface area (Å²) in [5, 5.41) is 15.0. The van der Waals surface area contributed by atoms with Crippen LogP contribution in [0, 0.1) is 0 Å². The standard InChI is InChI=1S/C23H23NO3/c25-23(26)19-9-7-18(8-10-19)21-11-12-24-14-22(21)27-15-16-5-6-17-3-1-2-4-20(17)13-16/h1-10,13,21-22,24H,11-12,14-15H2,(H,25,26). The van der Waals surface area contributed by atoms with Crippen LogP contribution in [0.15, 0.2) is 66.7 Å². The molecular formula is C23H23NO3. The molecule has 0 aromatic heterocycles. The van der Waals surface area contributed by atoms with E-state index in [1.165, 1.54) is 16.3 Å². The number of hydrogen-bond donors (Lipinski definition) is 2. The van der Waals surface area contributed by atoms with Gasteiger partial charge in [-0.25, -0.2) is 4.79 Å². The van der Waals surface area contributed by atoms with E-state index < -0.39 is 5.97 Å². The highest BCUT2D eigenvalue weighted by Gasteiger charge is 2.27. The fraction of sp³-hybridized carbons (Fsp3) is 0.261. The molecule has 4 rings (SSSR count). The lowest BCUT2D eigenvalue weighted by atomic mass is 9.87. The van der Waals surface area contributed by atoms with E-state index in [0.717, 1.165) is 25.1 Å². The Morgan fingerprint density at radius 2 is 1.81 bits per heavy atom. The number of rotatable bonds is 5. The van der Waals surface area contributed by atoms with Gasteiger partial charge < -0.3 is 15.2 Å². The van der Waals surface area contributed by atoms with Gasteiger partial charge in [-0.1, -0.05) is 48.5 Å². The predicted molar refractivity (Wildman–Crippen MR) is 106 cm³/mol. The fourth-order valence-corrected chi connectivity index (χ4v) is 3.79. The van der Waals surface area contributed by atoms with E-state index in [4.69, 9.17) is 9.84 Å². The van der Waals surface area contributed by atoms with Gasteiger partial charge in [0.15, 0.2) is 0 Å². The zero-order chi connectivity index (χ0) is 18.6. The highest BCUT2D eigenvalue weighted by Crippen LogP contribution is 2.29. The zero-order valence-corrected chi connectivity index (χ0v) is 15.1. The first-order valence-corrected chi connectivity index (χ1v) is 9.34. The summed E-state index contributed by atoms with van der Waals surface area (Å²) in [7, 11) is 0. The third kappa shape index (κ3) is 4.02. The van der Waals surface area contributed by atoms with Crippen molar-refractivity contribution in [3.05, 3.63) is 83.4 Å². The summed E-state index contributed by atoms with van der Waals surface area (Å²) in [6.45, 7) is 2.32. The topological polar surface area (TPSA) is 58.6 Å². The monoisotopic (exact) mass is 361 g/mol. The molecule has 3 aromatic rings. The van der Waals surface area contributed by atoms with Gasteiger partial charge in [-0.05, 0) is 53.1 Å². The fourth-order valence-electron chi connectivity index (χ4n) is 3.79. The van der Waals surface area contributed by atoms with Crippen LogP contribution in [-0.4, -0.2) is 30.3 Å². The maximum absolute atomic E-state index is 11.1. The lowest BCUT2D eigenvalue weighted by Gasteiger charge is -2.32. The van der Waals surface area contributed by atoms with Crippen molar-refractivity contribution in [2.24, 2.45) is 0 Å². The average molecular weight is 361 g/mol. The molecule has 2 unspecified atom stereocenters. The number of fused-ring (bicyclic) bond motifs is 1. The molecular weight excluding hydrogens is 338 g/mol. The second-order valence-corrected chi connectivity index (χ2v) is 7.06. The summed E-state index contributed by atoms with van der Waals surface area (Å²) in [4.78, 5) is 11.1. The van der Waals surface area contributed by atoms with Crippen molar-refractivity contribution in [1.29, 1.82) is 0 Å². The number of carboxylic acids is 1. The van der Waals surface area contributed by atoms with Crippen LogP contribution in [0.5, 0.6) is 0 Å². The van der Waals surface area contributed by atoms with Crippen LogP contribution in [-0.2, 0) is 11.3 Å². The van der Waals surface area contributed by atoms with Crippen molar-refractivity contribution in [3.63, 3.8) is 0 Å². The molecule has 3 aromatic carbocycles. The molecule has 4 heteroatoms. The maximum atomic E-state index is 11.1. The van der Waals surface area contributed by atoms with Gasteiger partial charge >= 0.3 is 5.97 Å². The van der Waals surface area contributed by atoms with E-state index in [9.17, 15) is 4.79 Å². The van der Waals surface area contributed by atoms with Gasteiger partial charge in [0.25, 0.3) is 0 Å². The normalized spacial score (nSPS) is 19.9. The minimum absolute atomic E-state index is 0.0703. The number of nitrogens with one attached hydrogen (secondary N) is 1. The SMILES string of the molecule is O=C(O)c1ccc(C2CCNCC2OCc2ccc3ccccc3c2)cc1. The summed E-state index contributed by atoms with van der Waals surface area (Å²) in [6, 6.07) is 22.0. The Balaban J connectivity index is 1.47. The van der Waals surface area contributed by atoms with E-state index in [0.29, 0.717) is 12.2 Å². The average Bonchev–Trinajstić information content (AvgIpc) is 2.72. The Bertz CT molecular complexity index is 936. The van der Waals surface area contributed by atoms with Gasteiger partial charge in [0, 0.05) is 12.5 Å². The van der Waals surface area contributed by atoms with Crippen molar-refractivity contribution in [1.82, 2.24) is 5.32 Å². The van der Waals surface area contributed by atoms with Crippen molar-refractivity contribution in [3.8, 4) is 0 Å². The summed E-state index contributed by atoms with van der Waals surface area (Å²) >= 11 is 0. The van der Waals surface area contributed by atoms with Gasteiger partial charge in [0.2, 0.25) is 0 Å². The van der Waals surface area contributed by atoms with Crippen molar-refractivity contribution < 1.29 is 14.6 Å².